The molecule has 5 atom stereocenters. The van der Waals surface area contributed by atoms with E-state index in [2.05, 4.69) is 76.3 Å². The number of aliphatic hydroxyl groups is 1. The molecule has 0 aromatic rings. The minimum atomic E-state index is -4.97. The second-order valence-corrected chi connectivity index (χ2v) is 29.9. The van der Waals surface area contributed by atoms with Crippen LogP contribution in [0.5, 0.6) is 0 Å². The predicted molar refractivity (Wildman–Crippen MR) is 400 cm³/mol. The quantitative estimate of drug-likeness (QED) is 0.0169. The van der Waals surface area contributed by atoms with Gasteiger partial charge >= 0.3 is 39.5 Å². The number of hydrogen-bond donors (Lipinski definition) is 3. The summed E-state index contributed by atoms with van der Waals surface area (Å²) in [6.45, 7) is 4.87. The van der Waals surface area contributed by atoms with Gasteiger partial charge in [0.25, 0.3) is 0 Å². The van der Waals surface area contributed by atoms with Gasteiger partial charge in [-0.25, -0.2) is 9.13 Å². The first-order valence-corrected chi connectivity index (χ1v) is 42.9. The summed E-state index contributed by atoms with van der Waals surface area (Å²) in [6.07, 6.45) is 69.4. The van der Waals surface area contributed by atoms with Crippen molar-refractivity contribution in [3.05, 3.63) is 48.6 Å². The molecule has 0 aromatic carbocycles. The average molecular weight is 1430 g/mol. The van der Waals surface area contributed by atoms with E-state index in [0.29, 0.717) is 25.7 Å². The Morgan fingerprint density at radius 2 is 0.500 bits per heavy atom. The third-order valence-corrected chi connectivity index (χ3v) is 19.2. The van der Waals surface area contributed by atoms with Gasteiger partial charge in [0, 0.05) is 25.7 Å². The van der Waals surface area contributed by atoms with E-state index in [1.54, 1.807) is 0 Å². The number of esters is 4. The summed E-state index contributed by atoms with van der Waals surface area (Å²) < 4.78 is 68.6. The summed E-state index contributed by atoms with van der Waals surface area (Å²) in [7, 11) is -9.94. The van der Waals surface area contributed by atoms with E-state index in [1.165, 1.54) is 161 Å². The van der Waals surface area contributed by atoms with Crippen molar-refractivity contribution in [1.29, 1.82) is 0 Å². The van der Waals surface area contributed by atoms with Gasteiger partial charge in [-0.05, 0) is 89.9 Å². The fourth-order valence-electron chi connectivity index (χ4n) is 11.2. The fraction of sp³-hybridized carbons (Fsp3) is 0.848. The molecule has 98 heavy (non-hydrogen) atoms. The van der Waals surface area contributed by atoms with E-state index in [1.807, 2.05) is 0 Å². The Labute approximate surface area is 597 Å². The molecule has 0 aromatic heterocycles. The molecular weight excluding hydrogens is 1280 g/mol. The Bertz CT molecular complexity index is 2050. The van der Waals surface area contributed by atoms with Gasteiger partial charge in [0.1, 0.15) is 19.3 Å². The van der Waals surface area contributed by atoms with Gasteiger partial charge in [-0.2, -0.15) is 0 Å². The lowest BCUT2D eigenvalue weighted by Gasteiger charge is -2.21. The van der Waals surface area contributed by atoms with Crippen LogP contribution in [0.3, 0.4) is 0 Å². The maximum atomic E-state index is 13.1. The summed E-state index contributed by atoms with van der Waals surface area (Å²) in [5, 5.41) is 10.6. The van der Waals surface area contributed by atoms with Gasteiger partial charge in [0.15, 0.2) is 12.2 Å². The van der Waals surface area contributed by atoms with Gasteiger partial charge in [-0.1, -0.05) is 307 Å². The molecule has 0 aliphatic rings. The van der Waals surface area contributed by atoms with Crippen molar-refractivity contribution in [3.63, 3.8) is 0 Å². The van der Waals surface area contributed by atoms with Crippen LogP contribution in [-0.4, -0.2) is 96.7 Å². The molecule has 0 fully saturated rings. The number of hydrogen-bond acceptors (Lipinski definition) is 15. The highest BCUT2D eigenvalue weighted by Gasteiger charge is 2.30. The SMILES string of the molecule is CCCCC/C=C\C/C=C\CCCCCCCC(=O)OC[C@H](COP(=O)(O)OC[C@H](O)COP(=O)(O)OC[C@@H](COC(=O)CCCCCCCCCCCCCCC)OC(=O)CCCCCCCCCCCCCCCCC)OC(=O)CCCCCCC/C=C\C/C=C\CCCCC. The minimum Gasteiger partial charge on any atom is -0.462 e. The van der Waals surface area contributed by atoms with Crippen molar-refractivity contribution < 1.29 is 80.2 Å². The number of aliphatic hydroxyl groups excluding tert-OH is 1. The molecule has 19 heteroatoms. The highest BCUT2D eigenvalue weighted by Crippen LogP contribution is 2.45. The topological polar surface area (TPSA) is 237 Å². The van der Waals surface area contributed by atoms with Crippen molar-refractivity contribution in [2.75, 3.05) is 39.6 Å². The van der Waals surface area contributed by atoms with E-state index in [9.17, 15) is 43.2 Å². The van der Waals surface area contributed by atoms with E-state index in [4.69, 9.17) is 37.0 Å². The fourth-order valence-corrected chi connectivity index (χ4v) is 12.7. The number of ether oxygens (including phenoxy) is 4. The largest absolute Gasteiger partial charge is 0.472 e. The van der Waals surface area contributed by atoms with Crippen LogP contribution in [0.2, 0.25) is 0 Å². The molecule has 0 spiro atoms. The van der Waals surface area contributed by atoms with Gasteiger partial charge in [-0.15, -0.1) is 0 Å². The number of unbranched alkanes of at least 4 members (excludes halogenated alkanes) is 42. The van der Waals surface area contributed by atoms with Gasteiger partial charge in [0.05, 0.1) is 26.4 Å². The molecule has 0 radical (unpaired) electrons. The highest BCUT2D eigenvalue weighted by molar-refractivity contribution is 7.47. The highest BCUT2D eigenvalue weighted by atomic mass is 31.2. The first-order valence-electron chi connectivity index (χ1n) is 39.9. The molecule has 0 amide bonds. The summed E-state index contributed by atoms with van der Waals surface area (Å²) >= 11 is 0. The monoisotopic (exact) mass is 1430 g/mol. The van der Waals surface area contributed by atoms with Crippen molar-refractivity contribution in [1.82, 2.24) is 0 Å². The van der Waals surface area contributed by atoms with Crippen molar-refractivity contribution >= 4 is 39.5 Å². The number of carbonyl (C=O) groups excluding carboxylic acids is 4. The van der Waals surface area contributed by atoms with E-state index in [-0.39, 0.29) is 25.7 Å². The van der Waals surface area contributed by atoms with Gasteiger partial charge in [-0.3, -0.25) is 37.3 Å². The number of allylic oxidation sites excluding steroid dienone is 8. The van der Waals surface area contributed by atoms with E-state index >= 15 is 0 Å². The average Bonchev–Trinajstić information content (AvgIpc) is 1.04. The first-order chi connectivity index (χ1) is 47.7. The molecule has 0 rings (SSSR count). The van der Waals surface area contributed by atoms with Crippen LogP contribution in [0.4, 0.5) is 0 Å². The number of phosphoric acid groups is 2. The van der Waals surface area contributed by atoms with Crippen LogP contribution in [0.15, 0.2) is 48.6 Å². The van der Waals surface area contributed by atoms with Crippen molar-refractivity contribution in [3.8, 4) is 0 Å². The van der Waals surface area contributed by atoms with Crippen LogP contribution >= 0.6 is 15.6 Å². The van der Waals surface area contributed by atoms with E-state index < -0.39 is 97.5 Å². The number of phosphoric ester groups is 2. The molecule has 2 unspecified atom stereocenters. The van der Waals surface area contributed by atoms with Gasteiger partial charge in [0.2, 0.25) is 0 Å². The summed E-state index contributed by atoms with van der Waals surface area (Å²) in [5.74, 6) is -2.16. The Balaban J connectivity index is 5.33. The maximum absolute atomic E-state index is 13.1. The van der Waals surface area contributed by atoms with E-state index in [0.717, 1.165) is 135 Å². The Kier molecular flexibility index (Phi) is 70.2. The molecule has 0 aliphatic carbocycles. The number of carbonyl (C=O) groups is 4. The zero-order valence-corrected chi connectivity index (χ0v) is 64.5. The van der Waals surface area contributed by atoms with Crippen molar-refractivity contribution in [2.45, 2.75) is 393 Å². The van der Waals surface area contributed by atoms with Crippen molar-refractivity contribution in [2.24, 2.45) is 0 Å². The third kappa shape index (κ3) is 71.4. The molecule has 0 saturated heterocycles. The Morgan fingerprint density at radius 3 is 0.776 bits per heavy atom. The van der Waals surface area contributed by atoms with Crippen LogP contribution in [0, 0.1) is 0 Å². The third-order valence-electron chi connectivity index (χ3n) is 17.3. The molecule has 0 aliphatic heterocycles. The second kappa shape index (κ2) is 72.4. The zero-order valence-electron chi connectivity index (χ0n) is 62.7. The summed E-state index contributed by atoms with van der Waals surface area (Å²) in [5.41, 5.74) is 0. The van der Waals surface area contributed by atoms with Crippen LogP contribution < -0.4 is 0 Å². The molecule has 0 saturated carbocycles. The first kappa shape index (κ1) is 95.0. The molecular formula is C79H146O17P2. The summed E-state index contributed by atoms with van der Waals surface area (Å²) in [4.78, 5) is 72.9. The van der Waals surface area contributed by atoms with Gasteiger partial charge < -0.3 is 33.8 Å². The normalized spacial score (nSPS) is 14.2. The lowest BCUT2D eigenvalue weighted by molar-refractivity contribution is -0.161. The molecule has 0 bridgehead atoms. The van der Waals surface area contributed by atoms with Crippen LogP contribution in [0.1, 0.15) is 374 Å². The molecule has 0 heterocycles. The lowest BCUT2D eigenvalue weighted by Crippen LogP contribution is -2.30. The maximum Gasteiger partial charge on any atom is 0.472 e. The minimum absolute atomic E-state index is 0.0806. The lowest BCUT2D eigenvalue weighted by atomic mass is 10.0. The second-order valence-electron chi connectivity index (χ2n) is 27.0. The van der Waals surface area contributed by atoms with Crippen LogP contribution in [-0.2, 0) is 65.4 Å². The smallest absolute Gasteiger partial charge is 0.462 e. The predicted octanol–water partition coefficient (Wildman–Crippen LogP) is 22.9. The van der Waals surface area contributed by atoms with Crippen LogP contribution in [0.25, 0.3) is 0 Å². The Hall–Kier alpha value is -2.98. The molecule has 3 N–H and O–H groups in total. The standard InChI is InChI=1S/C79H146O17P2/c1-5-9-13-17-21-25-29-33-36-40-44-48-52-56-60-64-77(82)90-70-75(96-79(84)66-62-58-54-50-46-42-38-35-31-27-23-19-15-11-7-3)72-94-98(87,88)92-68-73(80)67-91-97(85,86)93-71-74(69-89-76(81)63-59-55-51-47-43-39-32-28-24-20-16-12-8-4)95-78(83)65-61-57-53-49-45-41-37-34-30-26-22-18-14-10-6-2/h21,23,25,27,33,35-36,38,73-75,80H,5-20,22,24,26,28-32,34,37,39-72H2,1-4H3,(H,85,86)(H,87,88)/b25-21-,27-23-,36-33-,38-35-/t73-,74-,75-/m1/s1. The molecule has 17 nitrogen and oxygen atoms in total. The Morgan fingerprint density at radius 1 is 0.286 bits per heavy atom. The molecule has 574 valence electrons. The number of rotatable bonds is 76. The zero-order chi connectivity index (χ0) is 71.8. The summed E-state index contributed by atoms with van der Waals surface area (Å²) in [6, 6.07) is 0.